The minimum Gasteiger partial charge on any atom is -0.423 e. The maximum Gasteiger partial charge on any atom is 0.488 e. The van der Waals surface area contributed by atoms with Crippen LogP contribution in [0.25, 0.3) is 21.9 Å². The van der Waals surface area contributed by atoms with Crippen LogP contribution in [0.2, 0.25) is 0 Å². The van der Waals surface area contributed by atoms with Gasteiger partial charge in [0.15, 0.2) is 2.86 Å². The fraction of sp³-hybridized carbons (Fsp3) is 0. The molecule has 0 amide bonds. The molecule has 0 aliphatic carbocycles. The molecule has 2 nitrogen and oxygen atoms in total. The minimum atomic E-state index is -1.80. The van der Waals surface area contributed by atoms with Crippen LogP contribution in [-0.4, -0.2) is 20.0 Å². The highest BCUT2D eigenvalue weighted by molar-refractivity contribution is 6.58. The highest BCUT2D eigenvalue weighted by atomic mass is 16.4. The fourth-order valence-electron chi connectivity index (χ4n) is 1.68. The van der Waals surface area contributed by atoms with Crippen LogP contribution in [0.5, 0.6) is 0 Å². The summed E-state index contributed by atoms with van der Waals surface area (Å²) < 4.78 is 87.3. The van der Waals surface area contributed by atoms with E-state index >= 15 is 0 Å². The van der Waals surface area contributed by atoms with Crippen molar-refractivity contribution in [2.24, 2.45) is 0 Å². The Labute approximate surface area is 127 Å². The number of hydrogen-bond acceptors (Lipinski definition) is 2. The zero-order valence-corrected chi connectivity index (χ0v) is 9.55. The summed E-state index contributed by atoms with van der Waals surface area (Å²) in [5.41, 5.74) is -1.01. The molecular formula is C16H13BO2. The normalized spacial score (nSPS) is 18.6. The Kier molecular flexibility index (Phi) is 1.23. The summed E-state index contributed by atoms with van der Waals surface area (Å²) in [4.78, 5) is 0. The van der Waals surface area contributed by atoms with E-state index in [-0.39, 0.29) is 34.0 Å². The van der Waals surface area contributed by atoms with Crippen molar-refractivity contribution in [3.63, 3.8) is 0 Å². The van der Waals surface area contributed by atoms with Gasteiger partial charge in [0.1, 0.15) is 0 Å². The predicted molar refractivity (Wildman–Crippen MR) is 79.2 cm³/mol. The van der Waals surface area contributed by atoms with Crippen molar-refractivity contribution in [2.75, 3.05) is 0 Å². The first kappa shape index (κ1) is 4.78. The first-order valence-corrected chi connectivity index (χ1v) is 5.42. The largest absolute Gasteiger partial charge is 0.488 e. The zero-order chi connectivity index (χ0) is 22.5. The molecule has 0 radical (unpaired) electrons. The second-order valence-electron chi connectivity index (χ2n) is 3.76. The second-order valence-corrected chi connectivity index (χ2v) is 3.76. The average Bonchev–Trinajstić information content (AvgIpc) is 2.72. The van der Waals surface area contributed by atoms with Crippen molar-refractivity contribution < 1.29 is 22.4 Å². The molecule has 3 rings (SSSR count). The van der Waals surface area contributed by atoms with Crippen molar-refractivity contribution in [1.29, 1.82) is 2.86 Å². The third kappa shape index (κ3) is 2.26. The van der Waals surface area contributed by atoms with Gasteiger partial charge in [0.25, 0.3) is 0 Å². The number of benzene rings is 3. The highest BCUT2D eigenvalue weighted by Crippen LogP contribution is 2.27. The van der Waals surface area contributed by atoms with E-state index in [1.54, 1.807) is 0 Å². The molecule has 0 atom stereocenters. The number of rotatable bonds is 4. The number of hydrogen-bond donors (Lipinski definition) is 2. The van der Waals surface area contributed by atoms with E-state index in [1.807, 2.05) is 0 Å². The Hall–Kier alpha value is -2.10. The molecule has 3 aromatic rings. The molecule has 3 heteroatoms. The third-order valence-electron chi connectivity index (χ3n) is 2.57. The van der Waals surface area contributed by atoms with Gasteiger partial charge in [-0.1, -0.05) is 66.5 Å². The molecule has 19 heavy (non-hydrogen) atoms. The average molecular weight is 259 g/mol. The quantitative estimate of drug-likeness (QED) is 0.705. The molecule has 0 spiro atoms. The lowest BCUT2D eigenvalue weighted by molar-refractivity contribution is 0.426. The van der Waals surface area contributed by atoms with Gasteiger partial charge in [-0.3, -0.25) is 0 Å². The fourth-order valence-corrected chi connectivity index (χ4v) is 1.68. The summed E-state index contributed by atoms with van der Waals surface area (Å²) in [5.74, 6) is 0. The summed E-state index contributed by atoms with van der Waals surface area (Å²) in [6.45, 7) is 0. The summed E-state index contributed by atoms with van der Waals surface area (Å²) in [6, 6.07) is -2.11. The molecule has 2 N–H and O–H groups in total. The van der Waals surface area contributed by atoms with Gasteiger partial charge in [0.2, 0.25) is 0 Å². The Balaban J connectivity index is 2.53. The molecule has 92 valence electrons. The van der Waals surface area contributed by atoms with Crippen LogP contribution in [0.1, 0.15) is 12.3 Å². The predicted octanol–water partition coefficient (Wildman–Crippen LogP) is 2.19. The Morgan fingerprint density at radius 3 is 2.53 bits per heavy atom. The van der Waals surface area contributed by atoms with Gasteiger partial charge in [0, 0.05) is 0 Å². The van der Waals surface area contributed by atoms with Gasteiger partial charge in [0.05, 0.1) is 12.3 Å². The van der Waals surface area contributed by atoms with Gasteiger partial charge >= 0.3 is 7.12 Å². The maximum atomic E-state index is 8.35. The van der Waals surface area contributed by atoms with E-state index < -0.39 is 54.9 Å². The molecule has 0 heterocycles. The third-order valence-corrected chi connectivity index (χ3v) is 2.57. The monoisotopic (exact) mass is 259 g/mol. The molecule has 0 saturated carbocycles. The molecular weight excluding hydrogens is 235 g/mol. The van der Waals surface area contributed by atoms with Crippen LogP contribution in [-0.2, 0) is 0 Å². The van der Waals surface area contributed by atoms with Gasteiger partial charge in [-0.2, -0.15) is 0 Å². The molecule has 0 aliphatic rings. The standard InChI is InChI=1S/C16H13BO2/c18-17(19)14-10-8-13(9-11-14)16-7-3-5-12-4-1-2-6-15(12)16/h1-11,18-19H/i1D,3D,4D,5D,7D,8D,9D,10D,11D,18D,19D. The summed E-state index contributed by atoms with van der Waals surface area (Å²) in [7, 11) is -1.80. The molecule has 0 aliphatic heterocycles. The lowest BCUT2D eigenvalue weighted by atomic mass is 9.79. The molecule has 0 unspecified atom stereocenters. The van der Waals surface area contributed by atoms with E-state index in [0.717, 1.165) is 0 Å². The summed E-state index contributed by atoms with van der Waals surface area (Å²) in [5, 5.41) is 8.27. The van der Waals surface area contributed by atoms with E-state index in [1.165, 1.54) is 12.1 Å². The van der Waals surface area contributed by atoms with E-state index in [4.69, 9.17) is 15.2 Å². The zero-order valence-electron chi connectivity index (χ0n) is 20.5. The van der Waals surface area contributed by atoms with Crippen LogP contribution in [0.3, 0.4) is 0 Å². The maximum absolute atomic E-state index is 8.35. The van der Waals surface area contributed by atoms with E-state index in [2.05, 4.69) is 10.1 Å². The number of fused-ring (bicyclic) bond motifs is 1. The van der Waals surface area contributed by atoms with Crippen LogP contribution in [0, 0.1) is 0 Å². The molecule has 3 aromatic carbocycles. The molecule has 0 bridgehead atoms. The van der Waals surface area contributed by atoms with Crippen LogP contribution in [0.15, 0.2) is 66.5 Å². The van der Waals surface area contributed by atoms with Crippen LogP contribution < -0.4 is 5.46 Å². The molecule has 0 aromatic heterocycles. The Morgan fingerprint density at radius 2 is 1.74 bits per heavy atom. The van der Waals surface area contributed by atoms with Gasteiger partial charge < -0.3 is 10.1 Å². The van der Waals surface area contributed by atoms with Crippen molar-refractivity contribution >= 4 is 23.4 Å². The van der Waals surface area contributed by atoms with Crippen molar-refractivity contribution in [3.05, 3.63) is 66.5 Å². The van der Waals surface area contributed by atoms with E-state index in [0.29, 0.717) is 0 Å². The molecule has 0 fully saturated rings. The van der Waals surface area contributed by atoms with Crippen molar-refractivity contribution in [2.45, 2.75) is 0 Å². The van der Waals surface area contributed by atoms with Gasteiger partial charge in [-0.05, 0) is 27.4 Å². The molecule has 0 saturated heterocycles. The van der Waals surface area contributed by atoms with Crippen molar-refractivity contribution in [3.8, 4) is 11.1 Å². The van der Waals surface area contributed by atoms with Crippen LogP contribution >= 0.6 is 0 Å². The summed E-state index contributed by atoms with van der Waals surface area (Å²) in [6.07, 6.45) is 0. The SMILES string of the molecule is [2H]OB(O[2H])c1c([2H])c([2H])c(-c2c([2H])c([2H])c([2H])c3c([2H])c([2H])ccc23)c([2H])c1[2H]. The topological polar surface area (TPSA) is 40.5 Å². The minimum absolute atomic E-state index is 0.0700. The first-order valence-electron chi connectivity index (χ1n) is 10.7. The van der Waals surface area contributed by atoms with Crippen molar-refractivity contribution in [1.82, 2.24) is 0 Å². The Bertz CT molecular complexity index is 1150. The van der Waals surface area contributed by atoms with Gasteiger partial charge in [-0.25, -0.2) is 0 Å². The van der Waals surface area contributed by atoms with Crippen LogP contribution in [0.4, 0.5) is 0 Å². The smallest absolute Gasteiger partial charge is 0.423 e. The lowest BCUT2D eigenvalue weighted by Crippen LogP contribution is -2.29. The summed E-state index contributed by atoms with van der Waals surface area (Å²) >= 11 is 0. The first-order chi connectivity index (χ1) is 14.1. The lowest BCUT2D eigenvalue weighted by Gasteiger charge is -2.07. The Morgan fingerprint density at radius 1 is 0.947 bits per heavy atom. The van der Waals surface area contributed by atoms with Gasteiger partial charge in [-0.15, -0.1) is 0 Å². The highest BCUT2D eigenvalue weighted by Gasteiger charge is 2.10. The second kappa shape index (κ2) is 4.88. The van der Waals surface area contributed by atoms with E-state index in [9.17, 15) is 0 Å².